The van der Waals surface area contributed by atoms with E-state index in [1.54, 1.807) is 0 Å². The van der Waals surface area contributed by atoms with E-state index in [2.05, 4.69) is 34.6 Å². The molecule has 0 saturated heterocycles. The number of esters is 4. The van der Waals surface area contributed by atoms with Gasteiger partial charge in [0.15, 0.2) is 12.2 Å². The van der Waals surface area contributed by atoms with Gasteiger partial charge in [-0.2, -0.15) is 0 Å². The van der Waals surface area contributed by atoms with Gasteiger partial charge in [-0.25, -0.2) is 9.13 Å². The number of ether oxygens (including phenoxy) is 4. The zero-order valence-corrected chi connectivity index (χ0v) is 60.8. The molecule has 0 aromatic rings. The Balaban J connectivity index is 5.13. The predicted octanol–water partition coefficient (Wildman–Crippen LogP) is 20.9. The average molecular weight is 1340 g/mol. The van der Waals surface area contributed by atoms with Crippen molar-refractivity contribution < 1.29 is 80.2 Å². The Morgan fingerprint density at radius 2 is 0.527 bits per heavy atom. The van der Waals surface area contributed by atoms with Gasteiger partial charge in [-0.1, -0.05) is 324 Å². The summed E-state index contributed by atoms with van der Waals surface area (Å²) in [4.78, 5) is 72.3. The fourth-order valence-electron chi connectivity index (χ4n) is 11.0. The summed E-state index contributed by atoms with van der Waals surface area (Å²) in [5.41, 5.74) is 0. The van der Waals surface area contributed by atoms with Crippen molar-refractivity contribution >= 4 is 39.5 Å². The lowest BCUT2D eigenvalue weighted by Gasteiger charge is -2.21. The van der Waals surface area contributed by atoms with Gasteiger partial charge < -0.3 is 33.8 Å². The van der Waals surface area contributed by atoms with Gasteiger partial charge in [0.05, 0.1) is 26.4 Å². The van der Waals surface area contributed by atoms with Crippen LogP contribution in [0.2, 0.25) is 0 Å². The van der Waals surface area contributed by atoms with Gasteiger partial charge in [-0.15, -0.1) is 0 Å². The standard InChI is InChI=1S/C72H140O17P2/c1-6-10-13-16-18-20-22-24-26-28-30-32-34-36-38-40-46-51-56-70(75)83-62-68(88-71(76)57-52-47-41-39-37-35-33-31-29-27-25-23-21-19-17-14-11-7-2)64-87-91(80,81)85-60-66(73)59-84-90(78,79)86-63-67(61-82-69(74)55-50-44-15-12-8-3)89-72(77)58-53-48-43-42-45-49-54-65(5)9-4/h65-68,73H,6-64H2,1-5H3,(H,78,79)(H,80,81)/t65?,66-,67+,68+/m0/s1. The summed E-state index contributed by atoms with van der Waals surface area (Å²) < 4.78 is 68.1. The smallest absolute Gasteiger partial charge is 0.462 e. The van der Waals surface area contributed by atoms with Crippen LogP contribution in [0.4, 0.5) is 0 Å². The molecule has 91 heavy (non-hydrogen) atoms. The molecular weight excluding hydrogens is 1200 g/mol. The first-order valence-corrected chi connectivity index (χ1v) is 40.7. The van der Waals surface area contributed by atoms with Crippen LogP contribution in [0, 0.1) is 5.92 Å². The minimum atomic E-state index is -4.95. The maximum Gasteiger partial charge on any atom is 0.472 e. The highest BCUT2D eigenvalue weighted by molar-refractivity contribution is 7.47. The van der Waals surface area contributed by atoms with E-state index in [0.29, 0.717) is 25.7 Å². The van der Waals surface area contributed by atoms with Crippen LogP contribution in [-0.4, -0.2) is 96.7 Å². The van der Waals surface area contributed by atoms with Gasteiger partial charge in [-0.3, -0.25) is 37.3 Å². The minimum Gasteiger partial charge on any atom is -0.462 e. The van der Waals surface area contributed by atoms with Crippen LogP contribution in [0.5, 0.6) is 0 Å². The third-order valence-electron chi connectivity index (χ3n) is 17.1. The molecule has 0 aromatic heterocycles. The van der Waals surface area contributed by atoms with Gasteiger partial charge >= 0.3 is 39.5 Å². The number of phosphoric ester groups is 2. The number of hydrogen-bond acceptors (Lipinski definition) is 15. The third-order valence-corrected chi connectivity index (χ3v) is 19.0. The fraction of sp³-hybridized carbons (Fsp3) is 0.944. The van der Waals surface area contributed by atoms with Gasteiger partial charge in [0, 0.05) is 25.7 Å². The van der Waals surface area contributed by atoms with Crippen LogP contribution < -0.4 is 0 Å². The molecule has 0 heterocycles. The zero-order valence-electron chi connectivity index (χ0n) is 59.0. The van der Waals surface area contributed by atoms with Crippen molar-refractivity contribution in [3.63, 3.8) is 0 Å². The zero-order chi connectivity index (χ0) is 67.0. The van der Waals surface area contributed by atoms with Gasteiger partial charge in [0.1, 0.15) is 19.3 Å². The normalized spacial score (nSPS) is 14.3. The first kappa shape index (κ1) is 89.1. The van der Waals surface area contributed by atoms with Crippen LogP contribution >= 0.6 is 15.6 Å². The van der Waals surface area contributed by atoms with E-state index in [-0.39, 0.29) is 25.7 Å². The summed E-state index contributed by atoms with van der Waals surface area (Å²) in [7, 11) is -9.89. The summed E-state index contributed by atoms with van der Waals surface area (Å²) in [6.45, 7) is 7.12. The molecule has 0 rings (SSSR count). The number of phosphoric acid groups is 2. The summed E-state index contributed by atoms with van der Waals surface area (Å²) in [5.74, 6) is -1.41. The molecule has 0 aliphatic heterocycles. The van der Waals surface area contributed by atoms with E-state index in [9.17, 15) is 43.2 Å². The number of carbonyl (C=O) groups excluding carboxylic acids is 4. The van der Waals surface area contributed by atoms with Crippen LogP contribution in [0.3, 0.4) is 0 Å². The Morgan fingerprint density at radius 3 is 0.780 bits per heavy atom. The first-order valence-electron chi connectivity index (χ1n) is 37.7. The van der Waals surface area contributed by atoms with Crippen molar-refractivity contribution in [1.29, 1.82) is 0 Å². The monoisotopic (exact) mass is 1340 g/mol. The second-order valence-electron chi connectivity index (χ2n) is 26.2. The molecule has 0 aromatic carbocycles. The Kier molecular flexibility index (Phi) is 64.0. The highest BCUT2D eigenvalue weighted by Gasteiger charge is 2.30. The van der Waals surface area contributed by atoms with E-state index < -0.39 is 97.5 Å². The number of unbranched alkanes of at least 4 members (excludes halogenated alkanes) is 43. The Labute approximate surface area is 556 Å². The van der Waals surface area contributed by atoms with E-state index in [0.717, 1.165) is 102 Å². The number of aliphatic hydroxyl groups excluding tert-OH is 1. The maximum absolute atomic E-state index is 13.0. The molecule has 0 aliphatic rings. The topological polar surface area (TPSA) is 237 Å². The number of aliphatic hydroxyl groups is 1. The number of carbonyl (C=O) groups is 4. The SMILES string of the molecule is CCCCCCCCCCCCCCCCCCCCC(=O)OC[C@H](COP(=O)(O)OC[C@@H](O)COP(=O)(O)OC[C@@H](COC(=O)CCCCCCC)OC(=O)CCCCCCCCC(C)CC)OC(=O)CCCCCCCCCCCCCCCCCCCC. The van der Waals surface area contributed by atoms with Gasteiger partial charge in [-0.05, 0) is 31.6 Å². The summed E-state index contributed by atoms with van der Waals surface area (Å²) in [6.07, 6.45) is 53.3. The van der Waals surface area contributed by atoms with Crippen molar-refractivity contribution in [2.75, 3.05) is 39.6 Å². The van der Waals surface area contributed by atoms with Crippen LogP contribution in [0.25, 0.3) is 0 Å². The van der Waals surface area contributed by atoms with Crippen LogP contribution in [-0.2, 0) is 65.4 Å². The molecule has 0 fully saturated rings. The number of rotatable bonds is 72. The second-order valence-corrected chi connectivity index (χ2v) is 29.1. The minimum absolute atomic E-state index is 0.102. The molecule has 19 heteroatoms. The van der Waals surface area contributed by atoms with E-state index in [1.807, 2.05) is 0 Å². The van der Waals surface area contributed by atoms with Gasteiger partial charge in [0.2, 0.25) is 0 Å². The predicted molar refractivity (Wildman–Crippen MR) is 368 cm³/mol. The molecule has 0 radical (unpaired) electrons. The van der Waals surface area contributed by atoms with Crippen molar-refractivity contribution in [1.82, 2.24) is 0 Å². The van der Waals surface area contributed by atoms with Crippen molar-refractivity contribution in [3.05, 3.63) is 0 Å². The van der Waals surface area contributed by atoms with Crippen molar-refractivity contribution in [2.45, 2.75) is 393 Å². The molecular formula is C72H140O17P2. The fourth-order valence-corrected chi connectivity index (χ4v) is 12.5. The molecule has 3 N–H and O–H groups in total. The largest absolute Gasteiger partial charge is 0.472 e. The molecule has 0 spiro atoms. The molecule has 0 bridgehead atoms. The molecule has 0 saturated carbocycles. The molecule has 3 unspecified atom stereocenters. The maximum atomic E-state index is 13.0. The lowest BCUT2D eigenvalue weighted by Crippen LogP contribution is -2.30. The molecule has 17 nitrogen and oxygen atoms in total. The molecule has 540 valence electrons. The summed E-state index contributed by atoms with van der Waals surface area (Å²) >= 11 is 0. The molecule has 0 amide bonds. The Morgan fingerprint density at radius 1 is 0.308 bits per heavy atom. The van der Waals surface area contributed by atoms with E-state index >= 15 is 0 Å². The van der Waals surface area contributed by atoms with E-state index in [1.165, 1.54) is 193 Å². The summed E-state index contributed by atoms with van der Waals surface area (Å²) in [6, 6.07) is 0. The highest BCUT2D eigenvalue weighted by atomic mass is 31.2. The van der Waals surface area contributed by atoms with Crippen LogP contribution in [0.1, 0.15) is 375 Å². The molecule has 6 atom stereocenters. The van der Waals surface area contributed by atoms with Crippen LogP contribution in [0.15, 0.2) is 0 Å². The summed E-state index contributed by atoms with van der Waals surface area (Å²) in [5, 5.41) is 10.6. The Hall–Kier alpha value is -1.94. The van der Waals surface area contributed by atoms with E-state index in [4.69, 9.17) is 37.0 Å². The van der Waals surface area contributed by atoms with Crippen molar-refractivity contribution in [2.24, 2.45) is 5.92 Å². The van der Waals surface area contributed by atoms with Crippen molar-refractivity contribution in [3.8, 4) is 0 Å². The highest BCUT2D eigenvalue weighted by Crippen LogP contribution is 2.45. The second kappa shape index (κ2) is 65.4. The quantitative estimate of drug-likeness (QED) is 0.0222. The lowest BCUT2D eigenvalue weighted by atomic mass is 10.00. The first-order chi connectivity index (χ1) is 44.1. The lowest BCUT2D eigenvalue weighted by molar-refractivity contribution is -0.161. The van der Waals surface area contributed by atoms with Gasteiger partial charge in [0.25, 0.3) is 0 Å². The average Bonchev–Trinajstić information content (AvgIpc) is 3.74. The Bertz CT molecular complexity index is 1760. The molecule has 0 aliphatic carbocycles. The number of hydrogen-bond donors (Lipinski definition) is 3. The third kappa shape index (κ3) is 65.1.